The zero-order valence-corrected chi connectivity index (χ0v) is 13.6. The lowest BCUT2D eigenvalue weighted by molar-refractivity contribution is 0.102. The molecule has 0 spiro atoms. The van der Waals surface area contributed by atoms with E-state index in [1.54, 1.807) is 17.4 Å². The number of carbonyl (C=O) groups excluding carboxylic acids is 1. The molecule has 0 bridgehead atoms. The second kappa shape index (κ2) is 5.86. The molecule has 4 rings (SSSR count). The van der Waals surface area contributed by atoms with E-state index in [0.717, 1.165) is 20.8 Å². The number of amides is 1. The van der Waals surface area contributed by atoms with Crippen LogP contribution in [-0.4, -0.2) is 26.1 Å². The minimum Gasteiger partial charge on any atom is -0.322 e. The fourth-order valence-electron chi connectivity index (χ4n) is 2.47. The summed E-state index contributed by atoms with van der Waals surface area (Å²) in [5.74, 6) is 0.505. The summed E-state index contributed by atoms with van der Waals surface area (Å²) in [5.41, 5.74) is 3.09. The molecule has 0 saturated heterocycles. The maximum absolute atomic E-state index is 12.5. The molecular weight excluding hydrogens is 322 g/mol. The molecule has 2 aromatic carbocycles. The van der Waals surface area contributed by atoms with Gasteiger partial charge in [-0.2, -0.15) is 5.10 Å². The van der Waals surface area contributed by atoms with Crippen LogP contribution in [0, 0.1) is 6.92 Å². The quantitative estimate of drug-likeness (QED) is 0.599. The molecule has 24 heavy (non-hydrogen) atoms. The van der Waals surface area contributed by atoms with Crippen molar-refractivity contribution >= 4 is 33.1 Å². The van der Waals surface area contributed by atoms with Crippen LogP contribution < -0.4 is 5.32 Å². The molecule has 1 amide bonds. The lowest BCUT2D eigenvalue weighted by Gasteiger charge is -2.06. The van der Waals surface area contributed by atoms with Crippen LogP contribution in [0.25, 0.3) is 21.6 Å². The standard InChI is InChI=1S/C17H13N5OS/c1-10-20-14-6-5-12(8-15(14)24-10)17(23)21-13-4-2-3-11(7-13)16-18-9-19-22-16/h2-9H,1H3,(H,21,23)(H,18,19,22). The lowest BCUT2D eigenvalue weighted by atomic mass is 10.1. The minimum absolute atomic E-state index is 0.155. The Morgan fingerprint density at radius 1 is 1.21 bits per heavy atom. The normalized spacial score (nSPS) is 10.9. The summed E-state index contributed by atoms with van der Waals surface area (Å²) in [6.45, 7) is 1.96. The zero-order chi connectivity index (χ0) is 16.5. The summed E-state index contributed by atoms with van der Waals surface area (Å²) < 4.78 is 1.01. The topological polar surface area (TPSA) is 83.6 Å². The highest BCUT2D eigenvalue weighted by atomic mass is 32.1. The van der Waals surface area contributed by atoms with Crippen molar-refractivity contribution in [3.05, 3.63) is 59.4 Å². The summed E-state index contributed by atoms with van der Waals surface area (Å²) >= 11 is 1.58. The SMILES string of the molecule is Cc1nc2ccc(C(=O)Nc3cccc(-c4ncn[nH]4)c3)cc2s1. The second-order valence-electron chi connectivity index (χ2n) is 5.28. The summed E-state index contributed by atoms with van der Waals surface area (Å²) in [7, 11) is 0. The fourth-order valence-corrected chi connectivity index (χ4v) is 3.34. The monoisotopic (exact) mass is 335 g/mol. The number of hydrogen-bond donors (Lipinski definition) is 2. The molecule has 2 heterocycles. The Morgan fingerprint density at radius 2 is 2.12 bits per heavy atom. The van der Waals surface area contributed by atoms with Crippen LogP contribution in [0.3, 0.4) is 0 Å². The second-order valence-corrected chi connectivity index (χ2v) is 6.52. The van der Waals surface area contributed by atoms with Crippen LogP contribution >= 0.6 is 11.3 Å². The minimum atomic E-state index is -0.155. The van der Waals surface area contributed by atoms with Gasteiger partial charge in [0.25, 0.3) is 5.91 Å². The number of H-pyrrole nitrogens is 1. The highest BCUT2D eigenvalue weighted by molar-refractivity contribution is 7.18. The number of thiazole rings is 1. The maximum Gasteiger partial charge on any atom is 0.255 e. The van der Waals surface area contributed by atoms with Crippen molar-refractivity contribution in [1.82, 2.24) is 20.2 Å². The van der Waals surface area contributed by atoms with Gasteiger partial charge >= 0.3 is 0 Å². The van der Waals surface area contributed by atoms with Crippen molar-refractivity contribution in [3.8, 4) is 11.4 Å². The molecule has 4 aromatic rings. The number of hydrogen-bond acceptors (Lipinski definition) is 5. The van der Waals surface area contributed by atoms with Gasteiger partial charge in [-0.3, -0.25) is 9.89 Å². The number of aromatic amines is 1. The predicted octanol–water partition coefficient (Wildman–Crippen LogP) is 3.64. The number of nitrogens with zero attached hydrogens (tertiary/aromatic N) is 3. The van der Waals surface area contributed by atoms with Crippen molar-refractivity contribution in [2.45, 2.75) is 6.92 Å². The van der Waals surface area contributed by atoms with Gasteiger partial charge in [-0.05, 0) is 37.3 Å². The molecule has 118 valence electrons. The maximum atomic E-state index is 12.5. The van der Waals surface area contributed by atoms with Gasteiger partial charge in [-0.25, -0.2) is 9.97 Å². The number of anilines is 1. The average Bonchev–Trinajstić information content (AvgIpc) is 3.22. The first-order valence-corrected chi connectivity index (χ1v) is 8.15. The molecule has 0 unspecified atom stereocenters. The molecule has 0 aliphatic heterocycles. The van der Waals surface area contributed by atoms with E-state index in [1.165, 1.54) is 6.33 Å². The highest BCUT2D eigenvalue weighted by Crippen LogP contribution is 2.24. The Kier molecular flexibility index (Phi) is 3.55. The Labute approximate surface area is 141 Å². The van der Waals surface area contributed by atoms with E-state index in [4.69, 9.17) is 0 Å². The fraction of sp³-hybridized carbons (Fsp3) is 0.0588. The van der Waals surface area contributed by atoms with Gasteiger partial charge in [0.15, 0.2) is 5.82 Å². The average molecular weight is 335 g/mol. The van der Waals surface area contributed by atoms with Gasteiger partial charge in [0.2, 0.25) is 0 Å². The molecule has 2 N–H and O–H groups in total. The predicted molar refractivity (Wildman–Crippen MR) is 94.1 cm³/mol. The number of rotatable bonds is 3. The number of aromatic nitrogens is 4. The van der Waals surface area contributed by atoms with Crippen LogP contribution in [-0.2, 0) is 0 Å². The van der Waals surface area contributed by atoms with Gasteiger partial charge in [-0.1, -0.05) is 12.1 Å². The Bertz CT molecular complexity index is 1020. The van der Waals surface area contributed by atoms with Crippen LogP contribution in [0.5, 0.6) is 0 Å². The number of nitrogens with one attached hydrogen (secondary N) is 2. The van der Waals surface area contributed by atoms with E-state index in [2.05, 4.69) is 25.5 Å². The number of benzene rings is 2. The smallest absolute Gasteiger partial charge is 0.255 e. The van der Waals surface area contributed by atoms with E-state index in [-0.39, 0.29) is 5.91 Å². The van der Waals surface area contributed by atoms with Crippen LogP contribution in [0.4, 0.5) is 5.69 Å². The van der Waals surface area contributed by atoms with Crippen LogP contribution in [0.1, 0.15) is 15.4 Å². The number of carbonyl (C=O) groups is 1. The molecule has 7 heteroatoms. The van der Waals surface area contributed by atoms with Crippen molar-refractivity contribution in [2.75, 3.05) is 5.32 Å². The van der Waals surface area contributed by atoms with Gasteiger partial charge in [0.05, 0.1) is 15.2 Å². The van der Waals surface area contributed by atoms with Crippen LogP contribution in [0.2, 0.25) is 0 Å². The van der Waals surface area contributed by atoms with E-state index in [1.807, 2.05) is 43.3 Å². The molecule has 0 aliphatic rings. The first-order chi connectivity index (χ1) is 11.7. The van der Waals surface area contributed by atoms with Crippen molar-refractivity contribution in [3.63, 3.8) is 0 Å². The van der Waals surface area contributed by atoms with Crippen molar-refractivity contribution in [1.29, 1.82) is 0 Å². The molecule has 0 radical (unpaired) electrons. The van der Waals surface area contributed by atoms with Gasteiger partial charge in [-0.15, -0.1) is 11.3 Å². The highest BCUT2D eigenvalue weighted by Gasteiger charge is 2.10. The summed E-state index contributed by atoms with van der Waals surface area (Å²) in [6, 6.07) is 13.0. The summed E-state index contributed by atoms with van der Waals surface area (Å²) in [4.78, 5) is 21.0. The first-order valence-electron chi connectivity index (χ1n) is 7.33. The zero-order valence-electron chi connectivity index (χ0n) is 12.8. The van der Waals surface area contributed by atoms with Crippen LogP contribution in [0.15, 0.2) is 48.8 Å². The first kappa shape index (κ1) is 14.5. The lowest BCUT2D eigenvalue weighted by Crippen LogP contribution is -2.11. The third-order valence-electron chi connectivity index (χ3n) is 3.57. The van der Waals surface area contributed by atoms with E-state index in [0.29, 0.717) is 17.1 Å². The van der Waals surface area contributed by atoms with Gasteiger partial charge < -0.3 is 5.32 Å². The molecule has 2 aromatic heterocycles. The summed E-state index contributed by atoms with van der Waals surface area (Å²) in [6.07, 6.45) is 1.45. The largest absolute Gasteiger partial charge is 0.322 e. The third kappa shape index (κ3) is 2.77. The molecule has 0 aliphatic carbocycles. The van der Waals surface area contributed by atoms with E-state index < -0.39 is 0 Å². The molecule has 0 saturated carbocycles. The molecule has 0 fully saturated rings. The number of aryl methyl sites for hydroxylation is 1. The molecular formula is C17H13N5OS. The summed E-state index contributed by atoms with van der Waals surface area (Å²) in [5, 5.41) is 10.6. The Morgan fingerprint density at radius 3 is 2.96 bits per heavy atom. The molecule has 6 nitrogen and oxygen atoms in total. The molecule has 0 atom stereocenters. The van der Waals surface area contributed by atoms with Gasteiger partial charge in [0, 0.05) is 16.8 Å². The third-order valence-corrected chi connectivity index (χ3v) is 4.50. The van der Waals surface area contributed by atoms with Crippen molar-refractivity contribution in [2.24, 2.45) is 0 Å². The van der Waals surface area contributed by atoms with Gasteiger partial charge in [0.1, 0.15) is 6.33 Å². The Balaban J connectivity index is 1.60. The van der Waals surface area contributed by atoms with E-state index >= 15 is 0 Å². The Hall–Kier alpha value is -3.06. The van der Waals surface area contributed by atoms with E-state index in [9.17, 15) is 4.79 Å². The number of fused-ring (bicyclic) bond motifs is 1. The van der Waals surface area contributed by atoms with Crippen molar-refractivity contribution < 1.29 is 4.79 Å².